The molecule has 2 aromatic heterocycles. The topological polar surface area (TPSA) is 63.5 Å². The third-order valence-corrected chi connectivity index (χ3v) is 6.29. The number of fused-ring (bicyclic) bond motifs is 1. The highest BCUT2D eigenvalue weighted by molar-refractivity contribution is 7.99. The summed E-state index contributed by atoms with van der Waals surface area (Å²) in [5.74, 6) is 0.386. The van der Waals surface area contributed by atoms with Gasteiger partial charge in [-0.1, -0.05) is 17.7 Å². The molecule has 3 aromatic rings. The molecular weight excluding hydrogens is 390 g/mol. The number of nitrogens with one attached hydrogen (secondary N) is 1. The lowest BCUT2D eigenvalue weighted by molar-refractivity contribution is -0.115. The molecule has 0 radical (unpaired) electrons. The molecule has 0 aliphatic carbocycles. The van der Waals surface area contributed by atoms with E-state index in [-0.39, 0.29) is 16.7 Å². The highest BCUT2D eigenvalue weighted by Gasteiger charge is 2.16. The Hall–Kier alpha value is -1.83. The van der Waals surface area contributed by atoms with Crippen molar-refractivity contribution < 1.29 is 4.79 Å². The molecule has 136 valence electrons. The van der Waals surface area contributed by atoms with Crippen molar-refractivity contribution in [1.29, 1.82) is 0 Å². The fourth-order valence-corrected chi connectivity index (χ4v) is 4.27. The van der Waals surface area contributed by atoms with Crippen molar-refractivity contribution in [3.05, 3.63) is 62.0 Å². The number of benzene rings is 1. The van der Waals surface area contributed by atoms with Crippen LogP contribution < -0.4 is 10.9 Å². The average Bonchev–Trinajstić information content (AvgIpc) is 2.97. The van der Waals surface area contributed by atoms with Crippen molar-refractivity contribution in [2.45, 2.75) is 31.8 Å². The summed E-state index contributed by atoms with van der Waals surface area (Å²) in [6.45, 7) is 5.63. The van der Waals surface area contributed by atoms with Crippen LogP contribution in [0, 0.1) is 13.8 Å². The molecule has 1 N–H and O–H groups in total. The number of rotatable bonds is 5. The average molecular weight is 408 g/mol. The Morgan fingerprint density at radius 2 is 2.15 bits per heavy atom. The number of anilines is 1. The van der Waals surface area contributed by atoms with E-state index in [0.717, 1.165) is 11.3 Å². The standard InChI is InChI=1S/C18H18ClN3O2S2/c1-10-4-5-13(19)6-15(10)21-17(24)12(3)25-9-14-7-16(23)22-11(2)8-26-18(22)20-14/h4-8,12H,9H2,1-3H3,(H,21,24). The highest BCUT2D eigenvalue weighted by atomic mass is 35.5. The molecule has 0 saturated carbocycles. The van der Waals surface area contributed by atoms with Crippen LogP contribution in [0.1, 0.15) is 23.9 Å². The van der Waals surface area contributed by atoms with E-state index in [4.69, 9.17) is 11.6 Å². The van der Waals surface area contributed by atoms with Crippen molar-refractivity contribution in [2.75, 3.05) is 5.32 Å². The quantitative estimate of drug-likeness (QED) is 0.685. The number of thioether (sulfide) groups is 1. The molecular formula is C18H18ClN3O2S2. The second-order valence-corrected chi connectivity index (χ2v) is 8.58. The number of hydrogen-bond acceptors (Lipinski definition) is 5. The second-order valence-electron chi connectivity index (χ2n) is 5.98. The van der Waals surface area contributed by atoms with Crippen LogP contribution in [0.2, 0.25) is 5.02 Å². The van der Waals surface area contributed by atoms with Crippen LogP contribution in [0.3, 0.4) is 0 Å². The number of aromatic nitrogens is 2. The number of nitrogens with zero attached hydrogens (tertiary/aromatic N) is 2. The second kappa shape index (κ2) is 7.82. The third-order valence-electron chi connectivity index (χ3n) is 3.94. The van der Waals surface area contributed by atoms with Crippen LogP contribution in [-0.2, 0) is 10.5 Å². The summed E-state index contributed by atoms with van der Waals surface area (Å²) in [5, 5.41) is 5.10. The van der Waals surface area contributed by atoms with Gasteiger partial charge in [-0.2, -0.15) is 0 Å². The van der Waals surface area contributed by atoms with Gasteiger partial charge in [-0.25, -0.2) is 4.98 Å². The molecule has 0 fully saturated rings. The van der Waals surface area contributed by atoms with Crippen LogP contribution in [0.25, 0.3) is 4.96 Å². The lowest BCUT2D eigenvalue weighted by Gasteiger charge is -2.13. The maximum Gasteiger partial charge on any atom is 0.258 e. The molecule has 26 heavy (non-hydrogen) atoms. The van der Waals surface area contributed by atoms with Crippen molar-refractivity contribution >= 4 is 51.3 Å². The molecule has 0 spiro atoms. The summed E-state index contributed by atoms with van der Waals surface area (Å²) in [6.07, 6.45) is 0. The van der Waals surface area contributed by atoms with E-state index in [2.05, 4.69) is 10.3 Å². The zero-order valence-electron chi connectivity index (χ0n) is 14.6. The minimum absolute atomic E-state index is 0.0870. The van der Waals surface area contributed by atoms with E-state index in [1.54, 1.807) is 16.5 Å². The lowest BCUT2D eigenvalue weighted by atomic mass is 10.2. The molecule has 1 atom stereocenters. The first kappa shape index (κ1) is 18.9. The van der Waals surface area contributed by atoms with E-state index in [1.807, 2.05) is 32.2 Å². The maximum atomic E-state index is 12.4. The van der Waals surface area contributed by atoms with Gasteiger partial charge in [-0.3, -0.25) is 14.0 Å². The molecule has 0 saturated heterocycles. The molecule has 1 aromatic carbocycles. The van der Waals surface area contributed by atoms with Crippen molar-refractivity contribution in [1.82, 2.24) is 9.38 Å². The SMILES string of the molecule is Cc1ccc(Cl)cc1NC(=O)C(C)SCc1cc(=O)n2c(C)csc2n1. The van der Waals surface area contributed by atoms with Crippen LogP contribution in [0.4, 0.5) is 5.69 Å². The van der Waals surface area contributed by atoms with Gasteiger partial charge in [0.15, 0.2) is 4.96 Å². The number of halogens is 1. The van der Waals surface area contributed by atoms with Gasteiger partial charge in [-0.15, -0.1) is 23.1 Å². The van der Waals surface area contributed by atoms with Crippen molar-refractivity contribution in [3.63, 3.8) is 0 Å². The van der Waals surface area contributed by atoms with Crippen molar-refractivity contribution in [3.8, 4) is 0 Å². The summed E-state index contributed by atoms with van der Waals surface area (Å²) in [4.78, 5) is 29.8. The van der Waals surface area contributed by atoms with Gasteiger partial charge >= 0.3 is 0 Å². The molecule has 0 aliphatic heterocycles. The predicted octanol–water partition coefficient (Wildman–Crippen LogP) is 4.29. The largest absolute Gasteiger partial charge is 0.325 e. The normalized spacial score (nSPS) is 12.3. The maximum absolute atomic E-state index is 12.4. The van der Waals surface area contributed by atoms with Crippen LogP contribution in [-0.4, -0.2) is 20.5 Å². The molecule has 8 heteroatoms. The van der Waals surface area contributed by atoms with Gasteiger partial charge in [0.2, 0.25) is 5.91 Å². The number of carbonyl (C=O) groups excluding carboxylic acids is 1. The van der Waals surface area contributed by atoms with Gasteiger partial charge < -0.3 is 5.32 Å². The van der Waals surface area contributed by atoms with Gasteiger partial charge in [0.25, 0.3) is 5.56 Å². The van der Waals surface area contributed by atoms with Crippen LogP contribution in [0.15, 0.2) is 34.4 Å². The molecule has 0 aliphatic rings. The van der Waals surface area contributed by atoms with Crippen LogP contribution in [0.5, 0.6) is 0 Å². The molecule has 0 bridgehead atoms. The fourth-order valence-electron chi connectivity index (χ4n) is 2.42. The van der Waals surface area contributed by atoms with E-state index in [9.17, 15) is 9.59 Å². The lowest BCUT2D eigenvalue weighted by Crippen LogP contribution is -2.23. The predicted molar refractivity (Wildman–Crippen MR) is 110 cm³/mol. The smallest absolute Gasteiger partial charge is 0.258 e. The first-order valence-electron chi connectivity index (χ1n) is 8.00. The number of thiazole rings is 1. The van der Waals surface area contributed by atoms with Gasteiger partial charge in [0.05, 0.1) is 10.9 Å². The fraction of sp³-hybridized carbons (Fsp3) is 0.278. The number of aryl methyl sites for hydroxylation is 2. The molecule has 3 rings (SSSR count). The Bertz CT molecular complexity index is 1030. The van der Waals surface area contributed by atoms with E-state index < -0.39 is 0 Å². The minimum Gasteiger partial charge on any atom is -0.325 e. The van der Waals surface area contributed by atoms with E-state index in [0.29, 0.717) is 27.1 Å². The number of amides is 1. The molecule has 1 amide bonds. The molecule has 5 nitrogen and oxygen atoms in total. The van der Waals surface area contributed by atoms with E-state index >= 15 is 0 Å². The Kier molecular flexibility index (Phi) is 5.70. The van der Waals surface area contributed by atoms with Gasteiger partial charge in [-0.05, 0) is 38.5 Å². The monoisotopic (exact) mass is 407 g/mol. The van der Waals surface area contributed by atoms with Gasteiger partial charge in [0.1, 0.15) is 0 Å². The first-order chi connectivity index (χ1) is 12.3. The highest BCUT2D eigenvalue weighted by Crippen LogP contribution is 2.23. The van der Waals surface area contributed by atoms with Crippen molar-refractivity contribution in [2.24, 2.45) is 0 Å². The summed E-state index contributed by atoms with van der Waals surface area (Å²) < 4.78 is 1.59. The summed E-state index contributed by atoms with van der Waals surface area (Å²) in [6, 6.07) is 6.93. The first-order valence-corrected chi connectivity index (χ1v) is 10.3. The zero-order valence-corrected chi connectivity index (χ0v) is 17.0. The zero-order chi connectivity index (χ0) is 18.8. The number of carbonyl (C=O) groups is 1. The molecule has 2 heterocycles. The molecule has 1 unspecified atom stereocenters. The Balaban J connectivity index is 1.66. The Morgan fingerprint density at radius 3 is 2.92 bits per heavy atom. The number of hydrogen-bond donors (Lipinski definition) is 1. The summed E-state index contributed by atoms with van der Waals surface area (Å²) >= 11 is 8.87. The van der Waals surface area contributed by atoms with Crippen LogP contribution >= 0.6 is 34.7 Å². The van der Waals surface area contributed by atoms with E-state index in [1.165, 1.54) is 29.2 Å². The minimum atomic E-state index is -0.293. The summed E-state index contributed by atoms with van der Waals surface area (Å²) in [7, 11) is 0. The third kappa shape index (κ3) is 4.11. The summed E-state index contributed by atoms with van der Waals surface area (Å²) in [5.41, 5.74) is 3.14. The van der Waals surface area contributed by atoms with Gasteiger partial charge in [0, 0.05) is 33.6 Å². The Morgan fingerprint density at radius 1 is 1.38 bits per heavy atom. The Labute approximate surface area is 164 Å².